The van der Waals surface area contributed by atoms with Gasteiger partial charge in [0.25, 0.3) is 0 Å². The molecular weight excluding hydrogens is 1520 g/mol. The summed E-state index contributed by atoms with van der Waals surface area (Å²) < 4.78 is 16.2. The molecule has 28 rings (SSSR count). The van der Waals surface area contributed by atoms with Gasteiger partial charge in [-0.2, -0.15) is 0 Å². The van der Waals surface area contributed by atoms with E-state index in [0.717, 1.165) is 0 Å². The van der Waals surface area contributed by atoms with Crippen molar-refractivity contribution < 1.29 is 0 Å². The Hall–Kier alpha value is -16.0. The molecule has 0 unspecified atom stereocenters. The molecule has 0 saturated heterocycles. The first-order valence-electron chi connectivity index (χ1n) is 43.2. The Morgan fingerprint density at radius 1 is 0.128 bits per heavy atom. The lowest BCUT2D eigenvalue weighted by Crippen LogP contribution is -1.93. The zero-order valence-electron chi connectivity index (χ0n) is 70.5. The molecule has 0 N–H and O–H groups in total. The largest absolute Gasteiger partial charge is 0.344 e. The van der Waals surface area contributed by atoms with Crippen LogP contribution in [0.2, 0.25) is 0 Å². The topological polar surface area (TPSA) is 34.5 Å². The minimum Gasteiger partial charge on any atom is -0.344 e. The first-order chi connectivity index (χ1) is 61.6. The highest BCUT2D eigenvalue weighted by Crippen LogP contribution is 2.45. The second-order valence-electron chi connectivity index (χ2n) is 33.3. The molecule has 0 amide bonds. The van der Waals surface area contributed by atoms with Crippen LogP contribution in [-0.2, 0) is 42.3 Å². The van der Waals surface area contributed by atoms with Crippen LogP contribution in [0, 0.1) is 0 Å². The maximum absolute atomic E-state index is 2.38. The number of para-hydroxylation sites is 6. The number of aryl methyl sites for hydroxylation is 6. The zero-order valence-corrected chi connectivity index (χ0v) is 70.5. The molecule has 7 heterocycles. The van der Waals surface area contributed by atoms with E-state index in [1.165, 1.54) is 234 Å². The average molecular weight is 1600 g/mol. The van der Waals surface area contributed by atoms with Gasteiger partial charge in [0, 0.05) is 189 Å². The van der Waals surface area contributed by atoms with Crippen molar-refractivity contribution in [2.75, 3.05) is 0 Å². The lowest BCUT2D eigenvalue weighted by atomic mass is 10.00. The molecule has 7 heteroatoms. The van der Waals surface area contributed by atoms with Crippen LogP contribution in [0.3, 0.4) is 0 Å². The van der Waals surface area contributed by atoms with Gasteiger partial charge in [-0.15, -0.1) is 0 Å². The van der Waals surface area contributed by atoms with E-state index in [0.29, 0.717) is 0 Å². The molecule has 28 aromatic rings. The Morgan fingerprint density at radius 3 is 0.856 bits per heavy atom. The summed E-state index contributed by atoms with van der Waals surface area (Å²) in [6.07, 6.45) is 0. The fourth-order valence-corrected chi connectivity index (χ4v) is 20.8. The fourth-order valence-electron chi connectivity index (χ4n) is 20.8. The third-order valence-corrected chi connectivity index (χ3v) is 26.7. The molecule has 21 aromatic carbocycles. The molecule has 0 radical (unpaired) electrons. The van der Waals surface area contributed by atoms with Crippen molar-refractivity contribution in [2.24, 2.45) is 42.3 Å². The summed E-state index contributed by atoms with van der Waals surface area (Å²) in [6.45, 7) is 0. The number of aromatic nitrogens is 7. The van der Waals surface area contributed by atoms with E-state index in [1.54, 1.807) is 0 Å². The van der Waals surface area contributed by atoms with Crippen molar-refractivity contribution in [1.29, 1.82) is 0 Å². The van der Waals surface area contributed by atoms with Gasteiger partial charge in [0.05, 0.1) is 27.6 Å². The lowest BCUT2D eigenvalue weighted by Gasteiger charge is -2.07. The first kappa shape index (κ1) is 74.1. The monoisotopic (exact) mass is 1600 g/mol. The van der Waals surface area contributed by atoms with Crippen LogP contribution in [0.4, 0.5) is 0 Å². The third kappa shape index (κ3) is 11.9. The van der Waals surface area contributed by atoms with Crippen LogP contribution in [-0.4, -0.2) is 32.0 Å². The van der Waals surface area contributed by atoms with Gasteiger partial charge in [0.15, 0.2) is 0 Å². The number of benzene rings is 21. The lowest BCUT2D eigenvalue weighted by molar-refractivity contribution is 1.01. The van der Waals surface area contributed by atoms with Gasteiger partial charge in [0.2, 0.25) is 0 Å². The maximum Gasteiger partial charge on any atom is 0.0568 e. The smallest absolute Gasteiger partial charge is 0.0568 e. The summed E-state index contributed by atoms with van der Waals surface area (Å²) in [5.41, 5.74) is 19.3. The molecule has 0 fully saturated rings. The molecule has 7 nitrogen and oxygen atoms in total. The maximum atomic E-state index is 2.38. The highest BCUT2D eigenvalue weighted by molar-refractivity contribution is 6.31. The Labute approximate surface area is 721 Å². The number of rotatable bonds is 1. The van der Waals surface area contributed by atoms with Gasteiger partial charge in [-0.05, 0) is 144 Å². The number of hydrogen-bond donors (Lipinski definition) is 0. The second kappa shape index (κ2) is 30.0. The summed E-state index contributed by atoms with van der Waals surface area (Å²) in [5.74, 6) is 0. The molecule has 7 aromatic heterocycles. The standard InChI is InChI=1S/C25H18N2.3C21H15N.C17H13N.C13H11N/c1-26-20-13-7-5-11-18(20)24-22(26)15-16-23-25(24)19-12-6-8-14-21(19)27(23)17-9-3-2-4-10-17;1-22-19-13-11-14-6-2-4-8-16(14)20(19)18-12-10-15-7-3-5-9-17(15)21(18)22;1-22-18-12-10-14-6-2-4-8-16(14)20(18)21-17-9-5-3-7-15(17)11-13-19(21)22;1-22-20-16-8-4-2-6-14(16)10-12-18(20)19-13-11-15-7-3-5-9-17(15)21(19)22;1-18-16-9-5-4-8-14(16)15-10-12-6-2-3-7-13(12)11-17(15)18;1-14-12-8-4-2-6-10(12)11-7-3-5-9-13(11)14/h2-16H,1H3;3*2-13H,1H3;2-11H,1H3;2-9H,1H3. The van der Waals surface area contributed by atoms with E-state index in [-0.39, 0.29) is 0 Å². The number of hydrogen-bond acceptors (Lipinski definition) is 0. The Balaban J connectivity index is 0.0000000872. The highest BCUT2D eigenvalue weighted by atomic mass is 15.0. The first-order valence-corrected chi connectivity index (χ1v) is 43.2. The minimum atomic E-state index is 1.20. The van der Waals surface area contributed by atoms with Gasteiger partial charge in [-0.3, -0.25) is 0 Å². The van der Waals surface area contributed by atoms with Gasteiger partial charge < -0.3 is 32.0 Å². The summed E-state index contributed by atoms with van der Waals surface area (Å²) >= 11 is 0. The second-order valence-corrected chi connectivity index (χ2v) is 33.3. The Kier molecular flexibility index (Phi) is 17.8. The van der Waals surface area contributed by atoms with Crippen LogP contribution < -0.4 is 0 Å². The molecule has 0 atom stereocenters. The van der Waals surface area contributed by atoms with E-state index in [1.807, 2.05) is 0 Å². The van der Waals surface area contributed by atoms with Crippen LogP contribution in [0.5, 0.6) is 0 Å². The highest BCUT2D eigenvalue weighted by Gasteiger charge is 2.22. The van der Waals surface area contributed by atoms with Crippen molar-refractivity contribution in [1.82, 2.24) is 32.0 Å². The zero-order chi connectivity index (χ0) is 83.7. The molecule has 0 spiro atoms. The molecule has 0 aliphatic rings. The van der Waals surface area contributed by atoms with Crippen LogP contribution in [0.25, 0.3) is 234 Å². The normalized spacial score (nSPS) is 11.8. The summed E-state index contributed by atoms with van der Waals surface area (Å²) in [6, 6.07) is 150. The van der Waals surface area contributed by atoms with Gasteiger partial charge in [0.1, 0.15) is 0 Å². The van der Waals surface area contributed by atoms with Crippen molar-refractivity contribution >= 4 is 228 Å². The minimum absolute atomic E-state index is 1.20. The molecule has 0 aliphatic carbocycles. The van der Waals surface area contributed by atoms with Crippen molar-refractivity contribution in [3.63, 3.8) is 0 Å². The van der Waals surface area contributed by atoms with Crippen molar-refractivity contribution in [2.45, 2.75) is 0 Å². The molecule has 125 heavy (non-hydrogen) atoms. The molecule has 0 aliphatic heterocycles. The van der Waals surface area contributed by atoms with E-state index < -0.39 is 0 Å². The number of nitrogens with zero attached hydrogens (tertiary/aromatic N) is 7. The Bertz CT molecular complexity index is 8910. The van der Waals surface area contributed by atoms with Crippen molar-refractivity contribution in [3.8, 4) is 5.69 Å². The number of fused-ring (bicyclic) bond motifs is 35. The van der Waals surface area contributed by atoms with E-state index in [2.05, 4.69) is 493 Å². The molecule has 594 valence electrons. The fraction of sp³-hybridized carbons (Fsp3) is 0.0508. The van der Waals surface area contributed by atoms with E-state index in [9.17, 15) is 0 Å². The van der Waals surface area contributed by atoms with Crippen LogP contribution >= 0.6 is 0 Å². The van der Waals surface area contributed by atoms with E-state index >= 15 is 0 Å². The van der Waals surface area contributed by atoms with E-state index in [4.69, 9.17) is 0 Å². The average Bonchev–Trinajstić information content (AvgIpc) is 1.52. The predicted molar refractivity (Wildman–Crippen MR) is 539 cm³/mol. The van der Waals surface area contributed by atoms with Crippen molar-refractivity contribution in [3.05, 3.63) is 419 Å². The van der Waals surface area contributed by atoms with Gasteiger partial charge in [-0.1, -0.05) is 334 Å². The summed E-state index contributed by atoms with van der Waals surface area (Å²) in [7, 11) is 12.9. The molecular formula is C118H87N7. The van der Waals surface area contributed by atoms with Crippen LogP contribution in [0.15, 0.2) is 419 Å². The van der Waals surface area contributed by atoms with Gasteiger partial charge in [-0.25, -0.2) is 0 Å². The Morgan fingerprint density at radius 2 is 0.392 bits per heavy atom. The van der Waals surface area contributed by atoms with Crippen LogP contribution in [0.1, 0.15) is 0 Å². The molecule has 0 bridgehead atoms. The predicted octanol–water partition coefficient (Wildman–Crippen LogP) is 31.2. The third-order valence-electron chi connectivity index (χ3n) is 26.7. The molecule has 0 saturated carbocycles. The SMILES string of the molecule is Cn1c2c3ccccc3ccc2c2ccc3ccccc3c21.Cn1c2ccc3ccccc3c2c2c3ccccc3ccc21.Cn1c2ccc3ccccc3c2c2ccc3ccccc3c21.Cn1c2ccccc2c2c3c4ccccc4n(-c4ccccc4)c3ccc21.Cn1c2ccccc2c2cc3ccccc3cc21.Cn1c2ccccc2c2ccccc21. The quantitative estimate of drug-likeness (QED) is 0.157. The summed E-state index contributed by atoms with van der Waals surface area (Å²) in [4.78, 5) is 0. The van der Waals surface area contributed by atoms with Gasteiger partial charge >= 0.3 is 0 Å². The summed E-state index contributed by atoms with van der Waals surface area (Å²) in [5, 5.41) is 37.1.